The van der Waals surface area contributed by atoms with E-state index in [1.807, 2.05) is 0 Å². The molecule has 16 heavy (non-hydrogen) atoms. The summed E-state index contributed by atoms with van der Waals surface area (Å²) in [6, 6.07) is 0. The average molecular weight is 229 g/mol. The fourth-order valence-corrected chi connectivity index (χ4v) is 2.03. The second-order valence-electron chi connectivity index (χ2n) is 4.97. The lowest BCUT2D eigenvalue weighted by molar-refractivity contribution is -0.152. The molecule has 1 saturated heterocycles. The van der Waals surface area contributed by atoms with Crippen LogP contribution in [0.15, 0.2) is 0 Å². The van der Waals surface area contributed by atoms with Crippen molar-refractivity contribution in [2.45, 2.75) is 32.8 Å². The number of hydrogen-bond acceptors (Lipinski definition) is 4. The van der Waals surface area contributed by atoms with Gasteiger partial charge < -0.3 is 14.7 Å². The lowest BCUT2D eigenvalue weighted by atomic mass is 9.94. The van der Waals surface area contributed by atoms with E-state index < -0.39 is 6.10 Å². The SMILES string of the molecule is COC(=O)[C@H]1CN(CCC(C)C)CC[C@H]1O. The summed E-state index contributed by atoms with van der Waals surface area (Å²) in [5, 5.41) is 9.74. The van der Waals surface area contributed by atoms with Gasteiger partial charge in [-0.2, -0.15) is 0 Å². The molecule has 1 rings (SSSR count). The molecule has 4 heteroatoms. The Morgan fingerprint density at radius 1 is 1.56 bits per heavy atom. The third-order valence-corrected chi connectivity index (χ3v) is 3.19. The van der Waals surface area contributed by atoms with Crippen LogP contribution in [0.4, 0.5) is 0 Å². The Bertz CT molecular complexity index is 230. The van der Waals surface area contributed by atoms with E-state index in [2.05, 4.69) is 18.7 Å². The van der Waals surface area contributed by atoms with E-state index in [0.29, 0.717) is 18.9 Å². The Morgan fingerprint density at radius 2 is 2.25 bits per heavy atom. The van der Waals surface area contributed by atoms with E-state index in [4.69, 9.17) is 4.74 Å². The van der Waals surface area contributed by atoms with Crippen LogP contribution >= 0.6 is 0 Å². The standard InChI is InChI=1S/C12H23NO3/c1-9(2)4-6-13-7-5-11(14)10(8-13)12(15)16-3/h9-11,14H,4-8H2,1-3H3/t10-,11+/m0/s1. The van der Waals surface area contributed by atoms with Crippen molar-refractivity contribution in [1.29, 1.82) is 0 Å². The van der Waals surface area contributed by atoms with Crippen LogP contribution in [0.3, 0.4) is 0 Å². The molecule has 94 valence electrons. The largest absolute Gasteiger partial charge is 0.469 e. The van der Waals surface area contributed by atoms with E-state index >= 15 is 0 Å². The Kier molecular flexibility index (Phi) is 5.22. The van der Waals surface area contributed by atoms with Crippen molar-refractivity contribution in [2.24, 2.45) is 11.8 Å². The topological polar surface area (TPSA) is 49.8 Å². The van der Waals surface area contributed by atoms with Gasteiger partial charge in [-0.3, -0.25) is 4.79 Å². The maximum Gasteiger partial charge on any atom is 0.312 e. The highest BCUT2D eigenvalue weighted by Crippen LogP contribution is 2.19. The quantitative estimate of drug-likeness (QED) is 0.727. The molecule has 0 saturated carbocycles. The number of ether oxygens (including phenoxy) is 1. The number of carbonyl (C=O) groups is 1. The van der Waals surface area contributed by atoms with Crippen molar-refractivity contribution in [3.05, 3.63) is 0 Å². The Balaban J connectivity index is 2.44. The maximum atomic E-state index is 11.5. The number of piperidine rings is 1. The average Bonchev–Trinajstić information content (AvgIpc) is 2.27. The number of likely N-dealkylation sites (tertiary alicyclic amines) is 1. The molecular formula is C12H23NO3. The van der Waals surface area contributed by atoms with Gasteiger partial charge in [-0.1, -0.05) is 13.8 Å². The number of carbonyl (C=O) groups excluding carboxylic acids is 1. The molecule has 0 aliphatic carbocycles. The summed E-state index contributed by atoms with van der Waals surface area (Å²) < 4.78 is 4.71. The molecule has 1 N–H and O–H groups in total. The summed E-state index contributed by atoms with van der Waals surface area (Å²) in [5.74, 6) is 0.0103. The molecule has 0 aromatic heterocycles. The monoisotopic (exact) mass is 229 g/mol. The normalized spacial score (nSPS) is 27.1. The molecule has 2 atom stereocenters. The number of nitrogens with zero attached hydrogens (tertiary/aromatic N) is 1. The minimum absolute atomic E-state index is 0.290. The van der Waals surface area contributed by atoms with Gasteiger partial charge in [0.25, 0.3) is 0 Å². The van der Waals surface area contributed by atoms with Crippen LogP contribution in [0.5, 0.6) is 0 Å². The van der Waals surface area contributed by atoms with Gasteiger partial charge in [0, 0.05) is 13.1 Å². The summed E-state index contributed by atoms with van der Waals surface area (Å²) in [4.78, 5) is 13.7. The van der Waals surface area contributed by atoms with Gasteiger partial charge in [0.2, 0.25) is 0 Å². The Hall–Kier alpha value is -0.610. The van der Waals surface area contributed by atoms with E-state index in [0.717, 1.165) is 19.5 Å². The molecule has 0 bridgehead atoms. The van der Waals surface area contributed by atoms with Crippen molar-refractivity contribution >= 4 is 5.97 Å². The first kappa shape index (κ1) is 13.5. The summed E-state index contributed by atoms with van der Waals surface area (Å²) in [6.07, 6.45) is 1.25. The van der Waals surface area contributed by atoms with Crippen LogP contribution in [-0.4, -0.2) is 48.8 Å². The van der Waals surface area contributed by atoms with Gasteiger partial charge >= 0.3 is 5.97 Å². The van der Waals surface area contributed by atoms with Gasteiger partial charge in [-0.15, -0.1) is 0 Å². The van der Waals surface area contributed by atoms with Crippen LogP contribution in [-0.2, 0) is 9.53 Å². The number of methoxy groups -OCH3 is 1. The zero-order valence-electron chi connectivity index (χ0n) is 10.5. The molecule has 4 nitrogen and oxygen atoms in total. The number of hydrogen-bond donors (Lipinski definition) is 1. The second-order valence-corrected chi connectivity index (χ2v) is 4.97. The van der Waals surface area contributed by atoms with E-state index in [1.54, 1.807) is 0 Å². The van der Waals surface area contributed by atoms with Crippen molar-refractivity contribution < 1.29 is 14.6 Å². The molecule has 0 aromatic rings. The molecule has 0 spiro atoms. The summed E-state index contributed by atoms with van der Waals surface area (Å²) in [5.41, 5.74) is 0. The molecule has 1 aliphatic heterocycles. The molecule has 1 heterocycles. The first-order valence-corrected chi connectivity index (χ1v) is 6.02. The van der Waals surface area contributed by atoms with E-state index in [1.165, 1.54) is 7.11 Å². The van der Waals surface area contributed by atoms with Gasteiger partial charge in [-0.05, 0) is 25.3 Å². The first-order chi connectivity index (χ1) is 7.54. The van der Waals surface area contributed by atoms with Gasteiger partial charge in [0.15, 0.2) is 0 Å². The number of aliphatic hydroxyl groups excluding tert-OH is 1. The lowest BCUT2D eigenvalue weighted by Crippen LogP contribution is -2.47. The molecule has 1 fully saturated rings. The van der Waals surface area contributed by atoms with Crippen LogP contribution < -0.4 is 0 Å². The van der Waals surface area contributed by atoms with Crippen LogP contribution in [0.25, 0.3) is 0 Å². The molecule has 0 unspecified atom stereocenters. The molecule has 1 aliphatic rings. The highest BCUT2D eigenvalue weighted by molar-refractivity contribution is 5.73. The Morgan fingerprint density at radius 3 is 2.81 bits per heavy atom. The number of rotatable bonds is 4. The van der Waals surface area contributed by atoms with Crippen LogP contribution in [0, 0.1) is 11.8 Å². The lowest BCUT2D eigenvalue weighted by Gasteiger charge is -2.34. The smallest absolute Gasteiger partial charge is 0.312 e. The first-order valence-electron chi connectivity index (χ1n) is 6.02. The van der Waals surface area contributed by atoms with Crippen molar-refractivity contribution in [2.75, 3.05) is 26.7 Å². The van der Waals surface area contributed by atoms with Gasteiger partial charge in [0.05, 0.1) is 19.1 Å². The van der Waals surface area contributed by atoms with E-state index in [-0.39, 0.29) is 11.9 Å². The highest BCUT2D eigenvalue weighted by atomic mass is 16.5. The zero-order chi connectivity index (χ0) is 12.1. The van der Waals surface area contributed by atoms with Crippen molar-refractivity contribution in [3.63, 3.8) is 0 Å². The second kappa shape index (κ2) is 6.21. The number of esters is 1. The van der Waals surface area contributed by atoms with Crippen LogP contribution in [0.2, 0.25) is 0 Å². The minimum atomic E-state index is -0.539. The third-order valence-electron chi connectivity index (χ3n) is 3.19. The molecule has 0 radical (unpaired) electrons. The third kappa shape index (κ3) is 3.76. The Labute approximate surface area is 97.6 Å². The van der Waals surface area contributed by atoms with Crippen molar-refractivity contribution in [3.8, 4) is 0 Å². The zero-order valence-corrected chi connectivity index (χ0v) is 10.5. The van der Waals surface area contributed by atoms with E-state index in [9.17, 15) is 9.90 Å². The predicted molar refractivity (Wildman–Crippen MR) is 62.0 cm³/mol. The fraction of sp³-hybridized carbons (Fsp3) is 0.917. The van der Waals surface area contributed by atoms with Crippen LogP contribution in [0.1, 0.15) is 26.7 Å². The summed E-state index contributed by atoms with van der Waals surface area (Å²) >= 11 is 0. The predicted octanol–water partition coefficient (Wildman–Crippen LogP) is 0.888. The molecular weight excluding hydrogens is 206 g/mol. The molecule has 0 aromatic carbocycles. The fourth-order valence-electron chi connectivity index (χ4n) is 2.03. The minimum Gasteiger partial charge on any atom is -0.469 e. The van der Waals surface area contributed by atoms with Gasteiger partial charge in [-0.25, -0.2) is 0 Å². The highest BCUT2D eigenvalue weighted by Gasteiger charge is 2.33. The summed E-state index contributed by atoms with van der Waals surface area (Å²) in [7, 11) is 1.38. The number of aliphatic hydroxyl groups is 1. The van der Waals surface area contributed by atoms with Crippen molar-refractivity contribution in [1.82, 2.24) is 4.90 Å². The van der Waals surface area contributed by atoms with Gasteiger partial charge in [0.1, 0.15) is 0 Å². The molecule has 0 amide bonds. The summed E-state index contributed by atoms with van der Waals surface area (Å²) in [6.45, 7) is 6.88. The maximum absolute atomic E-state index is 11.5.